The average molecular weight is 552 g/mol. The van der Waals surface area contributed by atoms with E-state index in [-0.39, 0.29) is 17.9 Å². The van der Waals surface area contributed by atoms with Crippen LogP contribution < -0.4 is 19.7 Å². The van der Waals surface area contributed by atoms with Gasteiger partial charge in [-0.15, -0.1) is 0 Å². The third kappa shape index (κ3) is 5.26. The molecule has 36 heavy (non-hydrogen) atoms. The number of nitrogens with one attached hydrogen (secondary N) is 1. The van der Waals surface area contributed by atoms with E-state index < -0.39 is 22.8 Å². The molecule has 0 bridgehead atoms. The summed E-state index contributed by atoms with van der Waals surface area (Å²) in [5.41, 5.74) is 1.26. The Balaban J connectivity index is 1.55. The Kier molecular flexibility index (Phi) is 7.11. The Morgan fingerprint density at radius 3 is 2.33 bits per heavy atom. The topological polar surface area (TPSA) is 128 Å². The number of barbiturate groups is 1. The molecule has 1 fully saturated rings. The molecular weight excluding hydrogens is 534 g/mol. The van der Waals surface area contributed by atoms with E-state index in [1.54, 1.807) is 54.6 Å². The number of rotatable bonds is 7. The van der Waals surface area contributed by atoms with Gasteiger partial charge in [-0.2, -0.15) is 0 Å². The van der Waals surface area contributed by atoms with Crippen molar-refractivity contribution >= 4 is 51.2 Å². The van der Waals surface area contributed by atoms with Crippen molar-refractivity contribution < 1.29 is 28.8 Å². The van der Waals surface area contributed by atoms with Crippen LogP contribution >= 0.6 is 15.9 Å². The second-order valence-corrected chi connectivity index (χ2v) is 8.47. The molecule has 0 aromatic heterocycles. The maximum atomic E-state index is 13.0. The van der Waals surface area contributed by atoms with E-state index in [0.29, 0.717) is 22.7 Å². The van der Waals surface area contributed by atoms with Gasteiger partial charge in [0.15, 0.2) is 11.5 Å². The first-order valence-corrected chi connectivity index (χ1v) is 11.3. The van der Waals surface area contributed by atoms with Gasteiger partial charge >= 0.3 is 6.03 Å². The highest BCUT2D eigenvalue weighted by Crippen LogP contribution is 2.31. The number of nitro benzene ring substituents is 1. The molecule has 1 aliphatic rings. The molecule has 0 atom stereocenters. The normalized spacial score (nSPS) is 14.6. The van der Waals surface area contributed by atoms with Crippen molar-refractivity contribution in [2.45, 2.75) is 6.61 Å². The van der Waals surface area contributed by atoms with Crippen molar-refractivity contribution in [2.75, 3.05) is 12.0 Å². The molecule has 1 saturated heterocycles. The van der Waals surface area contributed by atoms with Crippen LogP contribution in [0.3, 0.4) is 0 Å². The summed E-state index contributed by atoms with van der Waals surface area (Å²) in [5.74, 6) is -0.834. The zero-order valence-corrected chi connectivity index (χ0v) is 20.4. The standard InChI is InChI=1S/C25H18BrN3O7/c1-35-22-13-16(4-11-21(22)36-14-15-2-7-19(8-3-15)29(33)34)12-20-23(30)27-25(32)28(24(20)31)18-9-5-17(26)6-10-18/h2-13H,14H2,1H3,(H,27,30,32)/b20-12+. The lowest BCUT2D eigenvalue weighted by atomic mass is 10.1. The molecule has 0 unspecified atom stereocenters. The van der Waals surface area contributed by atoms with E-state index in [1.165, 1.54) is 25.3 Å². The first-order valence-electron chi connectivity index (χ1n) is 10.5. The lowest BCUT2D eigenvalue weighted by molar-refractivity contribution is -0.384. The fourth-order valence-corrected chi connectivity index (χ4v) is 3.68. The minimum absolute atomic E-state index is 0.0181. The Hall–Kier alpha value is -4.51. The number of halogens is 1. The van der Waals surface area contributed by atoms with Crippen LogP contribution in [0.5, 0.6) is 11.5 Å². The maximum absolute atomic E-state index is 13.0. The Bertz CT molecular complexity index is 1390. The molecule has 4 rings (SSSR count). The molecule has 0 aliphatic carbocycles. The van der Waals surface area contributed by atoms with Gasteiger partial charge in [0.1, 0.15) is 12.2 Å². The van der Waals surface area contributed by atoms with Crippen LogP contribution in [-0.2, 0) is 16.2 Å². The molecule has 10 nitrogen and oxygen atoms in total. The van der Waals surface area contributed by atoms with E-state index in [4.69, 9.17) is 9.47 Å². The van der Waals surface area contributed by atoms with Crippen molar-refractivity contribution in [3.63, 3.8) is 0 Å². The van der Waals surface area contributed by atoms with Crippen molar-refractivity contribution in [1.29, 1.82) is 0 Å². The summed E-state index contributed by atoms with van der Waals surface area (Å²) < 4.78 is 11.9. The molecule has 182 valence electrons. The van der Waals surface area contributed by atoms with Crippen molar-refractivity contribution in [2.24, 2.45) is 0 Å². The van der Waals surface area contributed by atoms with Gasteiger partial charge in [-0.1, -0.05) is 22.0 Å². The summed E-state index contributed by atoms with van der Waals surface area (Å²) in [7, 11) is 1.44. The third-order valence-corrected chi connectivity index (χ3v) is 5.76. The number of carbonyl (C=O) groups is 3. The fraction of sp³-hybridized carbons (Fsp3) is 0.0800. The van der Waals surface area contributed by atoms with Gasteiger partial charge in [0, 0.05) is 16.6 Å². The number of nitrogens with zero attached hydrogens (tertiary/aromatic N) is 2. The number of non-ortho nitro benzene ring substituents is 1. The highest BCUT2D eigenvalue weighted by Gasteiger charge is 2.36. The maximum Gasteiger partial charge on any atom is 0.335 e. The number of hydrogen-bond donors (Lipinski definition) is 1. The number of ether oxygens (including phenoxy) is 2. The van der Waals surface area contributed by atoms with Gasteiger partial charge < -0.3 is 9.47 Å². The minimum Gasteiger partial charge on any atom is -0.493 e. The van der Waals surface area contributed by atoms with E-state index in [0.717, 1.165) is 14.9 Å². The molecule has 3 aromatic carbocycles. The molecule has 1 N–H and O–H groups in total. The van der Waals surface area contributed by atoms with Gasteiger partial charge in [-0.25, -0.2) is 9.69 Å². The predicted octanol–water partition coefficient (Wildman–Crippen LogP) is 4.61. The summed E-state index contributed by atoms with van der Waals surface area (Å²) >= 11 is 3.30. The van der Waals surface area contributed by atoms with E-state index >= 15 is 0 Å². The smallest absolute Gasteiger partial charge is 0.335 e. The minimum atomic E-state index is -0.836. The van der Waals surface area contributed by atoms with Crippen LogP contribution in [0.15, 0.2) is 76.8 Å². The van der Waals surface area contributed by atoms with Crippen molar-refractivity contribution in [3.05, 3.63) is 98.0 Å². The Morgan fingerprint density at radius 2 is 1.69 bits per heavy atom. The zero-order chi connectivity index (χ0) is 25.8. The van der Waals surface area contributed by atoms with Crippen LogP contribution in [0.25, 0.3) is 6.08 Å². The van der Waals surface area contributed by atoms with Crippen molar-refractivity contribution in [1.82, 2.24) is 5.32 Å². The number of anilines is 1. The monoisotopic (exact) mass is 551 g/mol. The van der Waals surface area contributed by atoms with Crippen molar-refractivity contribution in [3.8, 4) is 11.5 Å². The lowest BCUT2D eigenvalue weighted by Gasteiger charge is -2.26. The lowest BCUT2D eigenvalue weighted by Crippen LogP contribution is -2.54. The second kappa shape index (κ2) is 10.4. The van der Waals surface area contributed by atoms with E-state index in [1.807, 2.05) is 0 Å². The number of urea groups is 1. The van der Waals surface area contributed by atoms with E-state index in [9.17, 15) is 24.5 Å². The molecule has 3 aromatic rings. The molecule has 0 spiro atoms. The molecule has 1 heterocycles. The molecule has 0 saturated carbocycles. The zero-order valence-electron chi connectivity index (χ0n) is 18.8. The van der Waals surface area contributed by atoms with Gasteiger partial charge in [0.05, 0.1) is 17.7 Å². The predicted molar refractivity (Wildman–Crippen MR) is 134 cm³/mol. The molecule has 4 amide bonds. The molecule has 0 radical (unpaired) electrons. The highest BCUT2D eigenvalue weighted by molar-refractivity contribution is 9.10. The van der Waals surface area contributed by atoms with E-state index in [2.05, 4.69) is 21.2 Å². The second-order valence-electron chi connectivity index (χ2n) is 7.56. The quantitative estimate of drug-likeness (QED) is 0.196. The summed E-state index contributed by atoms with van der Waals surface area (Å²) in [5, 5.41) is 13.0. The molecule has 1 aliphatic heterocycles. The Morgan fingerprint density at radius 1 is 1.00 bits per heavy atom. The number of amides is 4. The summed E-state index contributed by atoms with van der Waals surface area (Å²) in [6.45, 7) is 0.139. The Labute approximate surface area is 213 Å². The number of hydrogen-bond acceptors (Lipinski definition) is 7. The average Bonchev–Trinajstić information content (AvgIpc) is 2.86. The van der Waals surface area contributed by atoms with Crippen LogP contribution in [0.4, 0.5) is 16.2 Å². The molecule has 11 heteroatoms. The van der Waals surface area contributed by atoms with Crippen LogP contribution in [0.1, 0.15) is 11.1 Å². The number of benzene rings is 3. The third-order valence-electron chi connectivity index (χ3n) is 5.23. The van der Waals surface area contributed by atoms with Gasteiger partial charge in [-0.05, 0) is 65.7 Å². The first kappa shape index (κ1) is 24.6. The SMILES string of the molecule is COc1cc(/C=C2\C(=O)NC(=O)N(c3ccc(Br)cc3)C2=O)ccc1OCc1ccc([N+](=O)[O-])cc1. The fourth-order valence-electron chi connectivity index (χ4n) is 3.42. The number of methoxy groups -OCH3 is 1. The van der Waals surface area contributed by atoms with Gasteiger partial charge in [0.25, 0.3) is 17.5 Å². The highest BCUT2D eigenvalue weighted by atomic mass is 79.9. The van der Waals surface area contributed by atoms with Crippen LogP contribution in [0, 0.1) is 10.1 Å². The summed E-state index contributed by atoms with van der Waals surface area (Å²) in [4.78, 5) is 49.0. The molecular formula is C25H18BrN3O7. The number of nitro groups is 1. The largest absolute Gasteiger partial charge is 0.493 e. The van der Waals surface area contributed by atoms with Gasteiger partial charge in [-0.3, -0.25) is 25.0 Å². The summed E-state index contributed by atoms with van der Waals surface area (Å²) in [6, 6.07) is 16.5. The first-order chi connectivity index (χ1) is 17.3. The van der Waals surface area contributed by atoms with Crippen LogP contribution in [0.2, 0.25) is 0 Å². The number of carbonyl (C=O) groups excluding carboxylic acids is 3. The van der Waals surface area contributed by atoms with Gasteiger partial charge in [0.2, 0.25) is 0 Å². The van der Waals surface area contributed by atoms with Crippen LogP contribution in [-0.4, -0.2) is 29.9 Å². The summed E-state index contributed by atoms with van der Waals surface area (Å²) in [6.07, 6.45) is 1.36. The number of imide groups is 2.